The number of hydrogen-bond acceptors (Lipinski definition) is 7. The van der Waals surface area contributed by atoms with Crippen LogP contribution in [-0.2, 0) is 17.6 Å². The third kappa shape index (κ3) is 7.85. The summed E-state index contributed by atoms with van der Waals surface area (Å²) in [6.07, 6.45) is 0.259. The summed E-state index contributed by atoms with van der Waals surface area (Å²) in [6, 6.07) is 12.8. The first-order valence-electron chi connectivity index (χ1n) is 9.57. The van der Waals surface area contributed by atoms with Crippen LogP contribution in [0.5, 0.6) is 0 Å². The van der Waals surface area contributed by atoms with Crippen molar-refractivity contribution < 1.29 is 29.0 Å². The van der Waals surface area contributed by atoms with Crippen LogP contribution in [0.25, 0.3) is 0 Å². The van der Waals surface area contributed by atoms with Crippen molar-refractivity contribution in [2.75, 3.05) is 6.61 Å². The lowest BCUT2D eigenvalue weighted by Crippen LogP contribution is -2.07. The lowest BCUT2D eigenvalue weighted by atomic mass is 10.0. The zero-order valence-corrected chi connectivity index (χ0v) is 18.0. The molecule has 0 saturated heterocycles. The average molecular weight is 434 g/mol. The fraction of sp³-hybridized carbons (Fsp3) is 0.250. The third-order valence-electron chi connectivity index (χ3n) is 4.12. The second-order valence-corrected chi connectivity index (χ2v) is 6.64. The fourth-order valence-corrected chi connectivity index (χ4v) is 2.63. The summed E-state index contributed by atoms with van der Waals surface area (Å²) in [5.74, 6) is -1.93. The standard InChI is InChI=1S/C13H13NO3.C11H9NO3/c1-3-17-13(16)12-7-10(4-5-14)6-11(8-12)9(2)15;1-7(13)9-4-8(2-3-12)5-10(6-9)11(14)15/h6-8H,3-4H2,1-2H3;4-6H,2H2,1H3,(H,14,15). The number of ketones is 2. The number of carbonyl (C=O) groups is 4. The predicted octanol–water partition coefficient (Wildman–Crippen LogP) is 3.79. The zero-order valence-electron chi connectivity index (χ0n) is 18.0. The van der Waals surface area contributed by atoms with E-state index in [-0.39, 0.29) is 36.6 Å². The number of esters is 1. The summed E-state index contributed by atoms with van der Waals surface area (Å²) in [6.45, 7) is 4.76. The van der Waals surface area contributed by atoms with Gasteiger partial charge >= 0.3 is 11.9 Å². The van der Waals surface area contributed by atoms with Gasteiger partial charge in [0.1, 0.15) is 0 Å². The topological polar surface area (TPSA) is 145 Å². The van der Waals surface area contributed by atoms with Crippen LogP contribution in [0, 0.1) is 22.7 Å². The molecule has 0 radical (unpaired) electrons. The van der Waals surface area contributed by atoms with Crippen LogP contribution in [0.2, 0.25) is 0 Å². The largest absolute Gasteiger partial charge is 0.478 e. The number of carbonyl (C=O) groups excluding carboxylic acids is 3. The van der Waals surface area contributed by atoms with Gasteiger partial charge in [0.25, 0.3) is 0 Å². The molecule has 0 spiro atoms. The molecule has 0 saturated carbocycles. The fourth-order valence-electron chi connectivity index (χ4n) is 2.63. The summed E-state index contributed by atoms with van der Waals surface area (Å²) in [5.41, 5.74) is 2.27. The maximum atomic E-state index is 11.6. The van der Waals surface area contributed by atoms with Gasteiger partial charge in [-0.05, 0) is 68.3 Å². The van der Waals surface area contributed by atoms with Crippen molar-refractivity contribution in [3.8, 4) is 12.1 Å². The summed E-state index contributed by atoms with van der Waals surface area (Å²) in [4.78, 5) is 44.7. The van der Waals surface area contributed by atoms with Gasteiger partial charge in [-0.1, -0.05) is 0 Å². The molecule has 8 heteroatoms. The number of carboxylic acid groups (broad SMARTS) is 1. The second kappa shape index (κ2) is 12.4. The number of aromatic carboxylic acids is 1. The van der Waals surface area contributed by atoms with E-state index in [1.165, 1.54) is 38.1 Å². The van der Waals surface area contributed by atoms with Crippen LogP contribution in [0.15, 0.2) is 36.4 Å². The maximum absolute atomic E-state index is 11.6. The van der Waals surface area contributed by atoms with E-state index in [1.807, 2.05) is 12.1 Å². The van der Waals surface area contributed by atoms with E-state index in [4.69, 9.17) is 20.4 Å². The Morgan fingerprint density at radius 2 is 1.19 bits per heavy atom. The number of ether oxygens (including phenoxy) is 1. The van der Waals surface area contributed by atoms with Gasteiger partial charge < -0.3 is 9.84 Å². The van der Waals surface area contributed by atoms with E-state index in [9.17, 15) is 19.2 Å². The van der Waals surface area contributed by atoms with Crippen molar-refractivity contribution in [2.24, 2.45) is 0 Å². The minimum Gasteiger partial charge on any atom is -0.478 e. The summed E-state index contributed by atoms with van der Waals surface area (Å²) in [7, 11) is 0. The number of benzene rings is 2. The van der Waals surface area contributed by atoms with E-state index < -0.39 is 11.9 Å². The Labute approximate surface area is 185 Å². The number of rotatable bonds is 7. The minimum absolute atomic E-state index is 0.0351. The van der Waals surface area contributed by atoms with Crippen molar-refractivity contribution in [1.29, 1.82) is 10.5 Å². The smallest absolute Gasteiger partial charge is 0.338 e. The Morgan fingerprint density at radius 1 is 0.781 bits per heavy atom. The highest BCUT2D eigenvalue weighted by Crippen LogP contribution is 2.13. The van der Waals surface area contributed by atoms with Crippen molar-refractivity contribution in [3.63, 3.8) is 0 Å². The van der Waals surface area contributed by atoms with Crippen LogP contribution in [0.1, 0.15) is 73.3 Å². The van der Waals surface area contributed by atoms with Crippen LogP contribution in [0.3, 0.4) is 0 Å². The van der Waals surface area contributed by atoms with Gasteiger partial charge in [-0.15, -0.1) is 0 Å². The van der Waals surface area contributed by atoms with Gasteiger partial charge in [0.05, 0.1) is 42.7 Å². The highest BCUT2D eigenvalue weighted by Gasteiger charge is 2.12. The number of Topliss-reactive ketones (excluding diaryl/α,β-unsaturated/α-hetero) is 2. The summed E-state index contributed by atoms with van der Waals surface area (Å²) >= 11 is 0. The Bertz CT molecular complexity index is 1090. The van der Waals surface area contributed by atoms with Gasteiger partial charge in [-0.3, -0.25) is 9.59 Å². The van der Waals surface area contributed by atoms with E-state index in [0.717, 1.165) is 0 Å². The molecule has 0 aliphatic carbocycles. The first kappa shape index (κ1) is 25.7. The molecule has 1 N–H and O–H groups in total. The van der Waals surface area contributed by atoms with E-state index in [2.05, 4.69) is 0 Å². The molecule has 2 aromatic carbocycles. The first-order valence-corrected chi connectivity index (χ1v) is 9.57. The Morgan fingerprint density at radius 3 is 1.56 bits per heavy atom. The number of nitrogens with zero attached hydrogens (tertiary/aromatic N) is 2. The Balaban J connectivity index is 0.000000323. The average Bonchev–Trinajstić information content (AvgIpc) is 2.74. The van der Waals surface area contributed by atoms with Gasteiger partial charge in [-0.2, -0.15) is 10.5 Å². The third-order valence-corrected chi connectivity index (χ3v) is 4.12. The molecule has 0 amide bonds. The second-order valence-electron chi connectivity index (χ2n) is 6.64. The summed E-state index contributed by atoms with van der Waals surface area (Å²) < 4.78 is 4.86. The van der Waals surface area contributed by atoms with Crippen molar-refractivity contribution in [2.45, 2.75) is 33.6 Å². The Kier molecular flexibility index (Phi) is 9.98. The predicted molar refractivity (Wildman–Crippen MR) is 114 cm³/mol. The quantitative estimate of drug-likeness (QED) is 0.512. The molecule has 0 fully saturated rings. The van der Waals surface area contributed by atoms with Crippen LogP contribution >= 0.6 is 0 Å². The Hall–Kier alpha value is -4.30. The molecule has 164 valence electrons. The normalized spacial score (nSPS) is 9.41. The lowest BCUT2D eigenvalue weighted by molar-refractivity contribution is 0.0525. The molecule has 0 atom stereocenters. The van der Waals surface area contributed by atoms with Gasteiger partial charge in [-0.25, -0.2) is 9.59 Å². The molecule has 0 bridgehead atoms. The highest BCUT2D eigenvalue weighted by atomic mass is 16.5. The van der Waals surface area contributed by atoms with Crippen molar-refractivity contribution >= 4 is 23.5 Å². The molecule has 8 nitrogen and oxygen atoms in total. The van der Waals surface area contributed by atoms with Gasteiger partial charge in [0.2, 0.25) is 0 Å². The first-order chi connectivity index (χ1) is 15.1. The number of nitriles is 2. The van der Waals surface area contributed by atoms with E-state index >= 15 is 0 Å². The molecule has 0 aliphatic heterocycles. The number of carboxylic acids is 1. The minimum atomic E-state index is -1.10. The van der Waals surface area contributed by atoms with Crippen LogP contribution in [-0.4, -0.2) is 35.2 Å². The van der Waals surface area contributed by atoms with Gasteiger partial charge in [0, 0.05) is 11.1 Å². The van der Waals surface area contributed by atoms with Crippen molar-refractivity contribution in [3.05, 3.63) is 69.8 Å². The zero-order chi connectivity index (χ0) is 24.3. The molecule has 32 heavy (non-hydrogen) atoms. The molecule has 0 heterocycles. The monoisotopic (exact) mass is 434 g/mol. The maximum Gasteiger partial charge on any atom is 0.338 e. The molecule has 0 aliphatic rings. The SMILES string of the molecule is CC(=O)c1cc(CC#N)cc(C(=O)O)c1.CCOC(=O)c1cc(CC#N)cc(C(C)=O)c1. The van der Waals surface area contributed by atoms with Crippen molar-refractivity contribution in [1.82, 2.24) is 0 Å². The summed E-state index contributed by atoms with van der Waals surface area (Å²) in [5, 5.41) is 25.9. The molecule has 0 unspecified atom stereocenters. The van der Waals surface area contributed by atoms with Gasteiger partial charge in [0.15, 0.2) is 11.6 Å². The van der Waals surface area contributed by atoms with E-state index in [0.29, 0.717) is 27.8 Å². The van der Waals surface area contributed by atoms with Crippen LogP contribution in [0.4, 0.5) is 0 Å². The lowest BCUT2D eigenvalue weighted by Gasteiger charge is -2.05. The highest BCUT2D eigenvalue weighted by molar-refractivity contribution is 5.98. The van der Waals surface area contributed by atoms with Crippen LogP contribution < -0.4 is 0 Å². The number of hydrogen-bond donors (Lipinski definition) is 1. The molecule has 0 aromatic heterocycles. The molecule has 2 rings (SSSR count). The molecule has 2 aromatic rings. The van der Waals surface area contributed by atoms with E-state index in [1.54, 1.807) is 19.1 Å². The molecular formula is C24H22N2O6. The molecular weight excluding hydrogens is 412 g/mol.